The maximum absolute atomic E-state index is 13.1. The van der Waals surface area contributed by atoms with Crippen molar-refractivity contribution in [3.63, 3.8) is 0 Å². The number of aromatic nitrogens is 1. The number of likely N-dealkylation sites (tertiary alicyclic amines) is 1. The van der Waals surface area contributed by atoms with E-state index >= 15 is 0 Å². The van der Waals surface area contributed by atoms with Crippen LogP contribution in [0, 0.1) is 11.8 Å². The molecule has 1 N–H and O–H groups in total. The predicted octanol–water partition coefficient (Wildman–Crippen LogP) is 2.91. The van der Waals surface area contributed by atoms with Gasteiger partial charge in [-0.1, -0.05) is 31.1 Å². The predicted molar refractivity (Wildman–Crippen MR) is 121 cm³/mol. The number of ether oxygens (including phenoxy) is 2. The summed E-state index contributed by atoms with van der Waals surface area (Å²) in [6, 6.07) is 8.05. The van der Waals surface area contributed by atoms with Crippen LogP contribution in [0.5, 0.6) is 5.75 Å². The summed E-state index contributed by atoms with van der Waals surface area (Å²) in [5.41, 5.74) is 0.814. The smallest absolute Gasteiger partial charge is 0.309 e. The lowest BCUT2D eigenvalue weighted by molar-refractivity contribution is -0.151. The van der Waals surface area contributed by atoms with Gasteiger partial charge >= 0.3 is 5.97 Å². The number of piperidine rings is 1. The zero-order valence-corrected chi connectivity index (χ0v) is 19.5. The van der Waals surface area contributed by atoms with E-state index in [9.17, 15) is 14.4 Å². The minimum absolute atomic E-state index is 0.0901. The van der Waals surface area contributed by atoms with Crippen LogP contribution >= 0.6 is 0 Å². The highest BCUT2D eigenvalue weighted by atomic mass is 16.5. The van der Waals surface area contributed by atoms with Crippen LogP contribution in [0.2, 0.25) is 0 Å². The lowest BCUT2D eigenvalue weighted by atomic mass is 9.95. The molecule has 0 unspecified atom stereocenters. The lowest BCUT2D eigenvalue weighted by Gasteiger charge is -2.34. The molecule has 178 valence electrons. The van der Waals surface area contributed by atoms with Gasteiger partial charge in [0.1, 0.15) is 11.8 Å². The molecule has 1 aliphatic rings. The van der Waals surface area contributed by atoms with E-state index in [0.29, 0.717) is 44.0 Å². The molecule has 0 saturated carbocycles. The summed E-state index contributed by atoms with van der Waals surface area (Å²) in [5.74, 6) is -0.102. The van der Waals surface area contributed by atoms with Crippen LogP contribution in [-0.2, 0) is 14.3 Å². The van der Waals surface area contributed by atoms with E-state index in [1.165, 1.54) is 6.07 Å². The lowest BCUT2D eigenvalue weighted by Crippen LogP contribution is -2.53. The second-order valence-corrected chi connectivity index (χ2v) is 8.36. The monoisotopic (exact) mass is 457 g/mol. The Labute approximate surface area is 193 Å². The van der Waals surface area contributed by atoms with Gasteiger partial charge in [-0.2, -0.15) is 0 Å². The number of methoxy groups -OCH3 is 1. The van der Waals surface area contributed by atoms with Gasteiger partial charge in [-0.3, -0.25) is 14.4 Å². The summed E-state index contributed by atoms with van der Waals surface area (Å²) in [7, 11) is 1.57. The average Bonchev–Trinajstić information content (AvgIpc) is 3.32. The first-order valence-corrected chi connectivity index (χ1v) is 11.2. The van der Waals surface area contributed by atoms with E-state index in [0.717, 1.165) is 5.56 Å². The summed E-state index contributed by atoms with van der Waals surface area (Å²) in [6.07, 6.45) is 1.10. The summed E-state index contributed by atoms with van der Waals surface area (Å²) < 4.78 is 15.6. The highest BCUT2D eigenvalue weighted by Gasteiger charge is 2.34. The van der Waals surface area contributed by atoms with Crippen LogP contribution in [0.3, 0.4) is 0 Å². The molecule has 1 aliphatic heterocycles. The first-order chi connectivity index (χ1) is 15.8. The van der Waals surface area contributed by atoms with Gasteiger partial charge in [-0.25, -0.2) is 0 Å². The van der Waals surface area contributed by atoms with Gasteiger partial charge in [0.15, 0.2) is 11.5 Å². The molecule has 0 radical (unpaired) electrons. The minimum Gasteiger partial charge on any atom is -0.497 e. The van der Waals surface area contributed by atoms with Crippen LogP contribution in [-0.4, -0.2) is 60.7 Å². The van der Waals surface area contributed by atoms with E-state index in [-0.39, 0.29) is 29.4 Å². The Morgan fingerprint density at radius 2 is 1.94 bits per heavy atom. The van der Waals surface area contributed by atoms with Gasteiger partial charge in [0, 0.05) is 24.7 Å². The quantitative estimate of drug-likeness (QED) is 0.607. The second-order valence-electron chi connectivity index (χ2n) is 8.36. The number of hydrogen-bond donors (Lipinski definition) is 1. The molecular weight excluding hydrogens is 426 g/mol. The van der Waals surface area contributed by atoms with Crippen molar-refractivity contribution >= 4 is 17.8 Å². The molecule has 0 aliphatic carbocycles. The van der Waals surface area contributed by atoms with Gasteiger partial charge in [0.05, 0.1) is 19.6 Å². The number of nitrogens with one attached hydrogen (secondary N) is 1. The van der Waals surface area contributed by atoms with E-state index < -0.39 is 11.9 Å². The molecule has 9 heteroatoms. The van der Waals surface area contributed by atoms with Gasteiger partial charge in [-0.15, -0.1) is 0 Å². The Morgan fingerprint density at radius 3 is 2.58 bits per heavy atom. The van der Waals surface area contributed by atoms with Crippen molar-refractivity contribution in [1.29, 1.82) is 0 Å². The molecule has 9 nitrogen and oxygen atoms in total. The molecule has 1 saturated heterocycles. The topological polar surface area (TPSA) is 111 Å². The number of esters is 1. The van der Waals surface area contributed by atoms with Crippen LogP contribution in [0.15, 0.2) is 34.9 Å². The highest BCUT2D eigenvalue weighted by Crippen LogP contribution is 2.25. The molecule has 33 heavy (non-hydrogen) atoms. The number of amides is 2. The number of nitrogens with zero attached hydrogens (tertiary/aromatic N) is 2. The van der Waals surface area contributed by atoms with Crippen LogP contribution in [0.25, 0.3) is 11.3 Å². The standard InChI is InChI=1S/C24H31N3O6/c1-5-32-24(30)16-9-11-27(12-10-16)23(29)21(15(2)3)25-22(28)19-14-20(33-26-19)17-7-6-8-18(13-17)31-4/h6-8,13-16,21H,5,9-12H2,1-4H3,(H,25,28)/t21-/m0/s1. The Kier molecular flexibility index (Phi) is 8.08. The van der Waals surface area contributed by atoms with Crippen molar-refractivity contribution in [2.45, 2.75) is 39.7 Å². The molecule has 1 atom stereocenters. The maximum Gasteiger partial charge on any atom is 0.309 e. The van der Waals surface area contributed by atoms with Gasteiger partial charge < -0.3 is 24.2 Å². The van der Waals surface area contributed by atoms with Crippen LogP contribution in [0.1, 0.15) is 44.1 Å². The van der Waals surface area contributed by atoms with Gasteiger partial charge in [0.2, 0.25) is 5.91 Å². The van der Waals surface area contributed by atoms with Crippen molar-refractivity contribution < 1.29 is 28.4 Å². The fourth-order valence-electron chi connectivity index (χ4n) is 3.82. The molecule has 1 aromatic heterocycles. The fourth-order valence-corrected chi connectivity index (χ4v) is 3.82. The van der Waals surface area contributed by atoms with Gasteiger partial charge in [-0.05, 0) is 37.8 Å². The number of carbonyl (C=O) groups excluding carboxylic acids is 3. The Morgan fingerprint density at radius 1 is 1.21 bits per heavy atom. The van der Waals surface area contributed by atoms with Crippen molar-refractivity contribution in [1.82, 2.24) is 15.4 Å². The molecule has 0 spiro atoms. The zero-order chi connectivity index (χ0) is 24.0. The van der Waals surface area contributed by atoms with Crippen LogP contribution in [0.4, 0.5) is 0 Å². The van der Waals surface area contributed by atoms with Crippen molar-refractivity contribution in [2.75, 3.05) is 26.8 Å². The molecule has 1 aromatic carbocycles. The first kappa shape index (κ1) is 24.3. The molecular formula is C24H31N3O6. The van der Waals surface area contributed by atoms with Crippen molar-refractivity contribution in [2.24, 2.45) is 11.8 Å². The maximum atomic E-state index is 13.1. The van der Waals surface area contributed by atoms with E-state index in [2.05, 4.69) is 10.5 Å². The number of rotatable bonds is 8. The molecule has 2 aromatic rings. The fraction of sp³-hybridized carbons (Fsp3) is 0.500. The normalized spacial score (nSPS) is 15.2. The van der Waals surface area contributed by atoms with Crippen LogP contribution < -0.4 is 10.1 Å². The zero-order valence-electron chi connectivity index (χ0n) is 19.5. The third kappa shape index (κ3) is 5.91. The Bertz CT molecular complexity index is 978. The van der Waals surface area contributed by atoms with Gasteiger partial charge in [0.25, 0.3) is 5.91 Å². The second kappa shape index (κ2) is 11.0. The first-order valence-electron chi connectivity index (χ1n) is 11.2. The van der Waals surface area contributed by atoms with E-state index in [1.54, 1.807) is 25.0 Å². The minimum atomic E-state index is -0.714. The number of benzene rings is 1. The van der Waals surface area contributed by atoms with E-state index in [1.807, 2.05) is 32.0 Å². The third-order valence-corrected chi connectivity index (χ3v) is 5.74. The summed E-state index contributed by atoms with van der Waals surface area (Å²) in [6.45, 7) is 6.77. The summed E-state index contributed by atoms with van der Waals surface area (Å²) in [5, 5.41) is 6.68. The SMILES string of the molecule is CCOC(=O)C1CCN(C(=O)[C@@H](NC(=O)c2cc(-c3cccc(OC)c3)on2)C(C)C)CC1. The third-order valence-electron chi connectivity index (χ3n) is 5.74. The molecule has 3 rings (SSSR count). The average molecular weight is 458 g/mol. The summed E-state index contributed by atoms with van der Waals surface area (Å²) in [4.78, 5) is 39.6. The molecule has 2 heterocycles. The molecule has 1 fully saturated rings. The largest absolute Gasteiger partial charge is 0.497 e. The van der Waals surface area contributed by atoms with Crippen molar-refractivity contribution in [3.8, 4) is 17.1 Å². The van der Waals surface area contributed by atoms with Crippen molar-refractivity contribution in [3.05, 3.63) is 36.0 Å². The Balaban J connectivity index is 1.64. The van der Waals surface area contributed by atoms with E-state index in [4.69, 9.17) is 14.0 Å². The molecule has 2 amide bonds. The number of hydrogen-bond acceptors (Lipinski definition) is 7. The summed E-state index contributed by atoms with van der Waals surface area (Å²) >= 11 is 0. The number of carbonyl (C=O) groups is 3. The highest BCUT2D eigenvalue weighted by molar-refractivity contribution is 5.96. The Hall–Kier alpha value is -3.36. The molecule has 0 bridgehead atoms.